The van der Waals surface area contributed by atoms with Crippen LogP contribution in [0.15, 0.2) is 35.1 Å². The molecule has 0 radical (unpaired) electrons. The van der Waals surface area contributed by atoms with Gasteiger partial charge < -0.3 is 10.3 Å². The topological polar surface area (TPSA) is 43.8 Å². The van der Waals surface area contributed by atoms with Crippen LogP contribution in [-0.4, -0.2) is 9.55 Å². The third kappa shape index (κ3) is 2.14. The van der Waals surface area contributed by atoms with Crippen molar-refractivity contribution < 1.29 is 0 Å². The van der Waals surface area contributed by atoms with E-state index in [2.05, 4.69) is 20.9 Å². The Morgan fingerprint density at radius 3 is 2.88 bits per heavy atom. The lowest BCUT2D eigenvalue weighted by atomic mass is 10.1. The molecule has 1 atom stereocenters. The maximum absolute atomic E-state index is 6.16. The Hall–Kier alpha value is -0.840. The van der Waals surface area contributed by atoms with E-state index in [1.165, 1.54) is 0 Å². The molecule has 0 aliphatic rings. The van der Waals surface area contributed by atoms with Gasteiger partial charge in [-0.2, -0.15) is 0 Å². The molecule has 0 amide bonds. The van der Waals surface area contributed by atoms with Crippen LogP contribution in [0.25, 0.3) is 0 Å². The summed E-state index contributed by atoms with van der Waals surface area (Å²) in [5.74, 6) is 0.808. The van der Waals surface area contributed by atoms with Crippen molar-refractivity contribution >= 4 is 27.5 Å². The van der Waals surface area contributed by atoms with E-state index in [0.717, 1.165) is 15.9 Å². The summed E-state index contributed by atoms with van der Waals surface area (Å²) in [4.78, 5) is 4.24. The van der Waals surface area contributed by atoms with Crippen LogP contribution in [0.3, 0.4) is 0 Å². The minimum Gasteiger partial charge on any atom is -0.336 e. The van der Waals surface area contributed by atoms with E-state index in [1.807, 2.05) is 36.0 Å². The largest absolute Gasteiger partial charge is 0.336 e. The van der Waals surface area contributed by atoms with Crippen LogP contribution in [0, 0.1) is 0 Å². The number of nitrogens with two attached hydrogens (primary N) is 1. The van der Waals surface area contributed by atoms with Crippen LogP contribution in [0.5, 0.6) is 0 Å². The number of aryl methyl sites for hydroxylation is 1. The summed E-state index contributed by atoms with van der Waals surface area (Å²) >= 11 is 9.42. The van der Waals surface area contributed by atoms with E-state index in [4.69, 9.17) is 17.3 Å². The van der Waals surface area contributed by atoms with Gasteiger partial charge in [0.25, 0.3) is 0 Å². The molecule has 0 spiro atoms. The maximum Gasteiger partial charge on any atom is 0.130 e. The molecular formula is C11H11BrClN3. The number of nitrogens with zero attached hydrogens (tertiary/aromatic N) is 2. The van der Waals surface area contributed by atoms with Gasteiger partial charge in [0.1, 0.15) is 5.82 Å². The van der Waals surface area contributed by atoms with Crippen LogP contribution < -0.4 is 5.73 Å². The van der Waals surface area contributed by atoms with Gasteiger partial charge in [-0.15, -0.1) is 0 Å². The minimum absolute atomic E-state index is 0.284. The molecule has 84 valence electrons. The molecule has 0 saturated heterocycles. The summed E-state index contributed by atoms with van der Waals surface area (Å²) in [5, 5.41) is 0.669. The van der Waals surface area contributed by atoms with Crippen molar-refractivity contribution in [2.75, 3.05) is 0 Å². The smallest absolute Gasteiger partial charge is 0.130 e. The van der Waals surface area contributed by atoms with Crippen LogP contribution in [-0.2, 0) is 7.05 Å². The van der Waals surface area contributed by atoms with E-state index in [1.54, 1.807) is 6.20 Å². The van der Waals surface area contributed by atoms with Gasteiger partial charge in [-0.05, 0) is 23.8 Å². The minimum atomic E-state index is -0.284. The van der Waals surface area contributed by atoms with Crippen LogP contribution in [0.4, 0.5) is 0 Å². The van der Waals surface area contributed by atoms with Crippen LogP contribution in [0.1, 0.15) is 17.4 Å². The summed E-state index contributed by atoms with van der Waals surface area (Å²) in [6.07, 6.45) is 3.60. The SMILES string of the molecule is Cn1ccnc1C(N)c1cc(Cl)ccc1Br. The van der Waals surface area contributed by atoms with Gasteiger partial charge in [0.2, 0.25) is 0 Å². The van der Waals surface area contributed by atoms with E-state index in [0.29, 0.717) is 5.02 Å². The molecule has 0 fully saturated rings. The summed E-state index contributed by atoms with van der Waals surface area (Å²) in [7, 11) is 1.92. The Balaban J connectivity index is 2.45. The lowest BCUT2D eigenvalue weighted by Gasteiger charge is -2.14. The Morgan fingerprint density at radius 2 is 2.25 bits per heavy atom. The molecule has 0 saturated carbocycles. The van der Waals surface area contributed by atoms with Crippen molar-refractivity contribution in [2.45, 2.75) is 6.04 Å². The third-order valence-corrected chi connectivity index (χ3v) is 3.39. The second kappa shape index (κ2) is 4.57. The average Bonchev–Trinajstić information content (AvgIpc) is 2.67. The number of aromatic nitrogens is 2. The highest BCUT2D eigenvalue weighted by molar-refractivity contribution is 9.10. The van der Waals surface area contributed by atoms with E-state index in [-0.39, 0.29) is 6.04 Å². The fourth-order valence-corrected chi connectivity index (χ4v) is 2.24. The second-order valence-electron chi connectivity index (χ2n) is 3.54. The lowest BCUT2D eigenvalue weighted by molar-refractivity contribution is 0.715. The Bertz CT molecular complexity index is 510. The number of imidazole rings is 1. The maximum atomic E-state index is 6.16. The summed E-state index contributed by atoms with van der Waals surface area (Å²) in [6.45, 7) is 0. The second-order valence-corrected chi connectivity index (χ2v) is 4.83. The number of hydrogen-bond acceptors (Lipinski definition) is 2. The highest BCUT2D eigenvalue weighted by Gasteiger charge is 2.16. The molecule has 0 bridgehead atoms. The highest BCUT2D eigenvalue weighted by atomic mass is 79.9. The van der Waals surface area contributed by atoms with E-state index >= 15 is 0 Å². The first kappa shape index (κ1) is 11.6. The quantitative estimate of drug-likeness (QED) is 0.927. The molecule has 3 nitrogen and oxygen atoms in total. The average molecular weight is 301 g/mol. The van der Waals surface area contributed by atoms with Gasteiger partial charge in [-0.3, -0.25) is 0 Å². The predicted molar refractivity (Wildman–Crippen MR) is 68.4 cm³/mol. The molecule has 2 rings (SSSR count). The highest BCUT2D eigenvalue weighted by Crippen LogP contribution is 2.28. The number of halogens is 2. The van der Waals surface area contributed by atoms with Crippen molar-refractivity contribution in [3.63, 3.8) is 0 Å². The Kier molecular flexibility index (Phi) is 3.33. The van der Waals surface area contributed by atoms with Crippen molar-refractivity contribution in [1.82, 2.24) is 9.55 Å². The lowest BCUT2D eigenvalue weighted by Crippen LogP contribution is -2.17. The predicted octanol–water partition coefficient (Wildman–Crippen LogP) is 2.88. The first-order chi connectivity index (χ1) is 7.59. The van der Waals surface area contributed by atoms with E-state index < -0.39 is 0 Å². The molecule has 2 N–H and O–H groups in total. The van der Waals surface area contributed by atoms with Crippen molar-refractivity contribution in [3.8, 4) is 0 Å². The number of benzene rings is 1. The number of rotatable bonds is 2. The van der Waals surface area contributed by atoms with Gasteiger partial charge in [0.15, 0.2) is 0 Å². The molecule has 2 aromatic rings. The molecular weight excluding hydrogens is 289 g/mol. The summed E-state index contributed by atoms with van der Waals surface area (Å²) in [6, 6.07) is 5.28. The zero-order chi connectivity index (χ0) is 11.7. The van der Waals surface area contributed by atoms with Crippen molar-refractivity contribution in [2.24, 2.45) is 12.8 Å². The molecule has 1 unspecified atom stereocenters. The zero-order valence-corrected chi connectivity index (χ0v) is 11.0. The van der Waals surface area contributed by atoms with Gasteiger partial charge in [0.05, 0.1) is 6.04 Å². The first-order valence-electron chi connectivity index (χ1n) is 4.77. The summed E-state index contributed by atoms with van der Waals surface area (Å²) < 4.78 is 2.84. The Labute approximate surface area is 107 Å². The molecule has 1 aromatic heterocycles. The molecule has 0 aliphatic heterocycles. The van der Waals surface area contributed by atoms with Gasteiger partial charge in [0, 0.05) is 28.9 Å². The summed E-state index contributed by atoms with van der Waals surface area (Å²) in [5.41, 5.74) is 7.09. The van der Waals surface area contributed by atoms with Crippen LogP contribution >= 0.6 is 27.5 Å². The first-order valence-corrected chi connectivity index (χ1v) is 5.94. The molecule has 5 heteroatoms. The number of hydrogen-bond donors (Lipinski definition) is 1. The standard InChI is InChI=1S/C11H11BrClN3/c1-16-5-4-15-11(16)10(14)8-6-7(13)2-3-9(8)12/h2-6,10H,14H2,1H3. The zero-order valence-electron chi connectivity index (χ0n) is 8.69. The fraction of sp³-hybridized carbons (Fsp3) is 0.182. The third-order valence-electron chi connectivity index (χ3n) is 2.43. The van der Waals surface area contributed by atoms with Crippen molar-refractivity contribution in [3.05, 3.63) is 51.5 Å². The normalized spacial score (nSPS) is 12.8. The fourth-order valence-electron chi connectivity index (χ4n) is 1.57. The van der Waals surface area contributed by atoms with Crippen molar-refractivity contribution in [1.29, 1.82) is 0 Å². The van der Waals surface area contributed by atoms with Gasteiger partial charge in [-0.1, -0.05) is 27.5 Å². The van der Waals surface area contributed by atoms with E-state index in [9.17, 15) is 0 Å². The molecule has 16 heavy (non-hydrogen) atoms. The molecule has 1 heterocycles. The van der Waals surface area contributed by atoms with Gasteiger partial charge in [-0.25, -0.2) is 4.98 Å². The van der Waals surface area contributed by atoms with Crippen LogP contribution in [0.2, 0.25) is 5.02 Å². The Morgan fingerprint density at radius 1 is 1.50 bits per heavy atom. The monoisotopic (exact) mass is 299 g/mol. The molecule has 0 aliphatic carbocycles. The molecule has 1 aromatic carbocycles. The van der Waals surface area contributed by atoms with Gasteiger partial charge >= 0.3 is 0 Å².